The van der Waals surface area contributed by atoms with Gasteiger partial charge in [0, 0.05) is 31.1 Å². The second kappa shape index (κ2) is 7.03. The number of thiocarbonyl (C=S) groups is 1. The molecule has 1 atom stereocenters. The van der Waals surface area contributed by atoms with Gasteiger partial charge in [-0.15, -0.1) is 0 Å². The van der Waals surface area contributed by atoms with Gasteiger partial charge in [0.05, 0.1) is 12.3 Å². The zero-order valence-corrected chi connectivity index (χ0v) is 10.8. The molecule has 1 aromatic rings. The minimum absolute atomic E-state index is 0.270. The summed E-state index contributed by atoms with van der Waals surface area (Å²) in [5.41, 5.74) is 3.68. The highest BCUT2D eigenvalue weighted by atomic mass is 32.1. The lowest BCUT2D eigenvalue weighted by molar-refractivity contribution is 0.114. The fraction of sp³-hybridized carbons (Fsp3) is 0.417. The van der Waals surface area contributed by atoms with Crippen molar-refractivity contribution in [2.24, 2.45) is 5.10 Å². The van der Waals surface area contributed by atoms with Gasteiger partial charge in [0.1, 0.15) is 0 Å². The molecular weight excluding hydrogens is 248 g/mol. The molecule has 0 aromatic carbocycles. The lowest BCUT2D eigenvalue weighted by Crippen LogP contribution is -2.37. The Labute approximate surface area is 112 Å². The number of hydrogen-bond acceptors (Lipinski definition) is 4. The zero-order chi connectivity index (χ0) is 12.6. The van der Waals surface area contributed by atoms with E-state index in [2.05, 4.69) is 20.8 Å². The summed E-state index contributed by atoms with van der Waals surface area (Å²) in [6.07, 6.45) is 7.62. The van der Waals surface area contributed by atoms with Gasteiger partial charge in [0.25, 0.3) is 0 Å². The number of pyridine rings is 1. The molecule has 1 saturated heterocycles. The number of hydrazone groups is 1. The Hall–Kier alpha value is -1.53. The number of nitrogens with zero attached hydrogens (tertiary/aromatic N) is 2. The van der Waals surface area contributed by atoms with E-state index in [1.165, 1.54) is 0 Å². The third-order valence-corrected chi connectivity index (χ3v) is 2.81. The van der Waals surface area contributed by atoms with Crippen molar-refractivity contribution in [2.45, 2.75) is 18.9 Å². The largest absolute Gasteiger partial charge is 0.376 e. The molecule has 6 heteroatoms. The van der Waals surface area contributed by atoms with E-state index in [1.54, 1.807) is 18.6 Å². The van der Waals surface area contributed by atoms with Crippen LogP contribution in [-0.2, 0) is 4.74 Å². The van der Waals surface area contributed by atoms with Crippen molar-refractivity contribution in [1.82, 2.24) is 15.7 Å². The summed E-state index contributed by atoms with van der Waals surface area (Å²) in [6.45, 7) is 1.58. The maximum absolute atomic E-state index is 5.48. The lowest BCUT2D eigenvalue weighted by Gasteiger charge is -2.11. The average molecular weight is 264 g/mol. The number of aromatic nitrogens is 1. The summed E-state index contributed by atoms with van der Waals surface area (Å²) >= 11 is 5.10. The molecular formula is C12H16N4OS. The Kier molecular flexibility index (Phi) is 5.04. The maximum Gasteiger partial charge on any atom is 0.187 e. The molecule has 0 amide bonds. The van der Waals surface area contributed by atoms with E-state index in [-0.39, 0.29) is 6.10 Å². The van der Waals surface area contributed by atoms with Crippen LogP contribution in [0.3, 0.4) is 0 Å². The molecule has 2 N–H and O–H groups in total. The minimum Gasteiger partial charge on any atom is -0.376 e. The van der Waals surface area contributed by atoms with Crippen molar-refractivity contribution >= 4 is 23.5 Å². The fourth-order valence-electron chi connectivity index (χ4n) is 1.67. The van der Waals surface area contributed by atoms with Gasteiger partial charge in [0.15, 0.2) is 5.11 Å². The smallest absolute Gasteiger partial charge is 0.187 e. The van der Waals surface area contributed by atoms with Crippen molar-refractivity contribution < 1.29 is 4.74 Å². The Morgan fingerprint density at radius 2 is 2.61 bits per heavy atom. The predicted molar refractivity (Wildman–Crippen MR) is 74.5 cm³/mol. The van der Waals surface area contributed by atoms with Crippen LogP contribution >= 0.6 is 12.2 Å². The van der Waals surface area contributed by atoms with Crippen molar-refractivity contribution in [2.75, 3.05) is 13.2 Å². The zero-order valence-electron chi connectivity index (χ0n) is 10.0. The molecule has 96 valence electrons. The highest BCUT2D eigenvalue weighted by Crippen LogP contribution is 2.10. The molecule has 1 unspecified atom stereocenters. The topological polar surface area (TPSA) is 58.5 Å². The van der Waals surface area contributed by atoms with Crippen molar-refractivity contribution in [3.8, 4) is 0 Å². The fourth-order valence-corrected chi connectivity index (χ4v) is 1.81. The van der Waals surface area contributed by atoms with E-state index in [0.29, 0.717) is 5.11 Å². The first-order chi connectivity index (χ1) is 8.84. The summed E-state index contributed by atoms with van der Waals surface area (Å²) < 4.78 is 5.48. The molecule has 0 saturated carbocycles. The standard InChI is InChI=1S/C12H16N4OS/c18-12(14-9-11-4-2-6-17-11)16-15-8-10-3-1-5-13-7-10/h1,3,5,7-8,11H,2,4,6,9H2,(H2,14,16,18). The van der Waals surface area contributed by atoms with Crippen molar-refractivity contribution in [3.63, 3.8) is 0 Å². The van der Waals surface area contributed by atoms with E-state index in [0.717, 1.165) is 31.6 Å². The average Bonchev–Trinajstić information content (AvgIpc) is 2.91. The SMILES string of the molecule is S=C(NCC1CCCO1)NN=Cc1cccnc1. The molecule has 1 fully saturated rings. The molecule has 1 aromatic heterocycles. The third kappa shape index (κ3) is 4.38. The van der Waals surface area contributed by atoms with Gasteiger partial charge in [-0.05, 0) is 31.1 Å². The minimum atomic E-state index is 0.270. The van der Waals surface area contributed by atoms with Crippen LogP contribution in [0.5, 0.6) is 0 Å². The van der Waals surface area contributed by atoms with Gasteiger partial charge >= 0.3 is 0 Å². The van der Waals surface area contributed by atoms with E-state index >= 15 is 0 Å². The van der Waals surface area contributed by atoms with Crippen LogP contribution < -0.4 is 10.7 Å². The molecule has 1 aliphatic heterocycles. The summed E-state index contributed by atoms with van der Waals surface area (Å²) in [5.74, 6) is 0. The van der Waals surface area contributed by atoms with E-state index < -0.39 is 0 Å². The maximum atomic E-state index is 5.48. The second-order valence-electron chi connectivity index (χ2n) is 4.00. The molecule has 0 radical (unpaired) electrons. The van der Waals surface area contributed by atoms with Crippen LogP contribution in [0.1, 0.15) is 18.4 Å². The van der Waals surface area contributed by atoms with Crippen LogP contribution in [0.15, 0.2) is 29.6 Å². The monoisotopic (exact) mass is 264 g/mol. The molecule has 1 aliphatic rings. The molecule has 0 bridgehead atoms. The first kappa shape index (κ1) is 12.9. The molecule has 18 heavy (non-hydrogen) atoms. The van der Waals surface area contributed by atoms with Gasteiger partial charge < -0.3 is 10.1 Å². The Morgan fingerprint density at radius 1 is 1.67 bits per heavy atom. The summed E-state index contributed by atoms with van der Waals surface area (Å²) in [5, 5.41) is 7.61. The summed E-state index contributed by atoms with van der Waals surface area (Å²) in [4.78, 5) is 3.99. The van der Waals surface area contributed by atoms with Gasteiger partial charge in [0.2, 0.25) is 0 Å². The molecule has 5 nitrogen and oxygen atoms in total. The normalized spacial score (nSPS) is 19.0. The summed E-state index contributed by atoms with van der Waals surface area (Å²) in [6, 6.07) is 3.77. The van der Waals surface area contributed by atoms with Gasteiger partial charge in [-0.25, -0.2) is 0 Å². The third-order valence-electron chi connectivity index (χ3n) is 2.58. The van der Waals surface area contributed by atoms with E-state index in [9.17, 15) is 0 Å². The van der Waals surface area contributed by atoms with Gasteiger partial charge in [-0.2, -0.15) is 5.10 Å². The number of rotatable bonds is 4. The van der Waals surface area contributed by atoms with Crippen LogP contribution in [0, 0.1) is 0 Å². The Bertz CT molecular complexity index is 404. The number of hydrogen-bond donors (Lipinski definition) is 2. The quantitative estimate of drug-likeness (QED) is 0.484. The number of nitrogens with one attached hydrogen (secondary N) is 2. The van der Waals surface area contributed by atoms with Crippen LogP contribution in [0.25, 0.3) is 0 Å². The first-order valence-electron chi connectivity index (χ1n) is 5.93. The van der Waals surface area contributed by atoms with Crippen molar-refractivity contribution in [3.05, 3.63) is 30.1 Å². The van der Waals surface area contributed by atoms with Crippen LogP contribution in [0.2, 0.25) is 0 Å². The second-order valence-corrected chi connectivity index (χ2v) is 4.41. The van der Waals surface area contributed by atoms with E-state index in [4.69, 9.17) is 17.0 Å². The number of ether oxygens (including phenoxy) is 1. The van der Waals surface area contributed by atoms with Crippen LogP contribution in [-0.4, -0.2) is 35.6 Å². The van der Waals surface area contributed by atoms with Crippen molar-refractivity contribution in [1.29, 1.82) is 0 Å². The van der Waals surface area contributed by atoms with E-state index in [1.807, 2.05) is 12.1 Å². The Morgan fingerprint density at radius 3 is 3.33 bits per heavy atom. The van der Waals surface area contributed by atoms with Gasteiger partial charge in [-0.1, -0.05) is 6.07 Å². The van der Waals surface area contributed by atoms with Gasteiger partial charge in [-0.3, -0.25) is 10.4 Å². The summed E-state index contributed by atoms with van der Waals surface area (Å²) in [7, 11) is 0. The molecule has 0 spiro atoms. The molecule has 2 rings (SSSR count). The predicted octanol–water partition coefficient (Wildman–Crippen LogP) is 1.06. The first-order valence-corrected chi connectivity index (χ1v) is 6.34. The molecule has 0 aliphatic carbocycles. The lowest BCUT2D eigenvalue weighted by atomic mass is 10.2. The highest BCUT2D eigenvalue weighted by Gasteiger charge is 2.14. The molecule has 2 heterocycles. The highest BCUT2D eigenvalue weighted by molar-refractivity contribution is 7.80. The Balaban J connectivity index is 1.66. The van der Waals surface area contributed by atoms with Crippen LogP contribution in [0.4, 0.5) is 0 Å².